The van der Waals surface area contributed by atoms with Crippen LogP contribution in [0.3, 0.4) is 0 Å². The first-order chi connectivity index (χ1) is 18.4. The predicted octanol–water partition coefficient (Wildman–Crippen LogP) is 5.67. The number of benzene rings is 1. The highest BCUT2D eigenvalue weighted by molar-refractivity contribution is 5.68. The van der Waals surface area contributed by atoms with Gasteiger partial charge in [-0.1, -0.05) is 13.3 Å². The van der Waals surface area contributed by atoms with Crippen molar-refractivity contribution in [1.82, 2.24) is 19.9 Å². The maximum absolute atomic E-state index is 12.4. The lowest BCUT2D eigenvalue weighted by atomic mass is 10.1. The van der Waals surface area contributed by atoms with Gasteiger partial charge in [0.2, 0.25) is 11.8 Å². The molecule has 1 aliphatic rings. The molecule has 1 aromatic carbocycles. The molecule has 3 aromatic rings. The summed E-state index contributed by atoms with van der Waals surface area (Å²) in [5, 5.41) is 14.6. The SMILES string of the molecule is CCCCOC(=O)N1CCC[C@H](Nc2nccc(-c3cccnc3Oc3c(C)cc([N+](=O)[O-])cc3C)n2)C1. The van der Waals surface area contributed by atoms with Gasteiger partial charge in [0.05, 0.1) is 22.8 Å². The fourth-order valence-electron chi connectivity index (χ4n) is 4.37. The van der Waals surface area contributed by atoms with Gasteiger partial charge in [-0.05, 0) is 62.4 Å². The van der Waals surface area contributed by atoms with Crippen molar-refractivity contribution in [3.05, 3.63) is 64.0 Å². The lowest BCUT2D eigenvalue weighted by Gasteiger charge is -2.32. The highest BCUT2D eigenvalue weighted by Gasteiger charge is 2.25. The van der Waals surface area contributed by atoms with E-state index in [2.05, 4.69) is 27.2 Å². The smallest absolute Gasteiger partial charge is 0.409 e. The minimum absolute atomic E-state index is 0.00671. The average Bonchev–Trinajstić information content (AvgIpc) is 2.91. The van der Waals surface area contributed by atoms with E-state index >= 15 is 0 Å². The fraction of sp³-hybridized carbons (Fsp3) is 0.407. The number of carbonyl (C=O) groups excluding carboxylic acids is 1. The number of nitrogens with one attached hydrogen (secondary N) is 1. The summed E-state index contributed by atoms with van der Waals surface area (Å²) < 4.78 is 11.5. The van der Waals surface area contributed by atoms with Crippen LogP contribution >= 0.6 is 0 Å². The summed E-state index contributed by atoms with van der Waals surface area (Å²) in [6, 6.07) is 8.35. The average molecular weight is 521 g/mol. The summed E-state index contributed by atoms with van der Waals surface area (Å²) >= 11 is 0. The van der Waals surface area contributed by atoms with Crippen molar-refractivity contribution in [2.24, 2.45) is 0 Å². The van der Waals surface area contributed by atoms with Gasteiger partial charge in [-0.25, -0.2) is 19.7 Å². The number of ether oxygens (including phenoxy) is 2. The van der Waals surface area contributed by atoms with E-state index in [0.29, 0.717) is 59.7 Å². The Morgan fingerprint density at radius 3 is 2.74 bits per heavy atom. The molecule has 0 bridgehead atoms. The Balaban J connectivity index is 1.50. The molecular formula is C27H32N6O5. The van der Waals surface area contributed by atoms with Crippen molar-refractivity contribution in [2.45, 2.75) is 52.5 Å². The van der Waals surface area contributed by atoms with Crippen molar-refractivity contribution in [2.75, 3.05) is 25.0 Å². The number of nitro benzene ring substituents is 1. The molecule has 1 amide bonds. The molecule has 0 unspecified atom stereocenters. The van der Waals surface area contributed by atoms with Gasteiger partial charge in [0.1, 0.15) is 5.75 Å². The minimum Gasteiger partial charge on any atom is -0.449 e. The van der Waals surface area contributed by atoms with Crippen LogP contribution in [0.5, 0.6) is 11.6 Å². The molecule has 11 heteroatoms. The number of piperidine rings is 1. The normalized spacial score (nSPS) is 15.1. The molecule has 1 atom stereocenters. The first kappa shape index (κ1) is 26.8. The number of hydrogen-bond donors (Lipinski definition) is 1. The number of nitro groups is 1. The molecule has 38 heavy (non-hydrogen) atoms. The van der Waals surface area contributed by atoms with E-state index in [0.717, 1.165) is 25.7 Å². The molecule has 0 radical (unpaired) electrons. The molecule has 1 N–H and O–H groups in total. The van der Waals surface area contributed by atoms with Crippen LogP contribution in [0.15, 0.2) is 42.7 Å². The number of aromatic nitrogens is 3. The second-order valence-electron chi connectivity index (χ2n) is 9.29. The van der Waals surface area contributed by atoms with Crippen LogP contribution in [0.25, 0.3) is 11.3 Å². The van der Waals surface area contributed by atoms with Crippen molar-refractivity contribution in [3.63, 3.8) is 0 Å². The van der Waals surface area contributed by atoms with E-state index in [1.165, 1.54) is 12.1 Å². The van der Waals surface area contributed by atoms with Gasteiger partial charge in [0.25, 0.3) is 5.69 Å². The molecule has 0 aliphatic carbocycles. The molecule has 4 rings (SSSR count). The van der Waals surface area contributed by atoms with Gasteiger partial charge in [0.15, 0.2) is 0 Å². The molecule has 2 aromatic heterocycles. The Hall–Kier alpha value is -4.28. The van der Waals surface area contributed by atoms with Crippen LogP contribution in [0.4, 0.5) is 16.4 Å². The van der Waals surface area contributed by atoms with E-state index < -0.39 is 4.92 Å². The number of anilines is 1. The van der Waals surface area contributed by atoms with Gasteiger partial charge in [-0.15, -0.1) is 0 Å². The number of nitrogens with zero attached hydrogens (tertiary/aromatic N) is 5. The molecule has 1 aliphatic heterocycles. The van der Waals surface area contributed by atoms with Crippen LogP contribution < -0.4 is 10.1 Å². The fourth-order valence-corrected chi connectivity index (χ4v) is 4.37. The van der Waals surface area contributed by atoms with E-state index in [-0.39, 0.29) is 17.8 Å². The maximum Gasteiger partial charge on any atom is 0.409 e. The van der Waals surface area contributed by atoms with Crippen molar-refractivity contribution in [1.29, 1.82) is 0 Å². The maximum atomic E-state index is 12.4. The van der Waals surface area contributed by atoms with Crippen molar-refractivity contribution >= 4 is 17.7 Å². The number of carbonyl (C=O) groups is 1. The van der Waals surface area contributed by atoms with Gasteiger partial charge < -0.3 is 19.7 Å². The number of aryl methyl sites for hydroxylation is 2. The molecule has 1 saturated heterocycles. The Labute approximate surface area is 221 Å². The number of hydrogen-bond acceptors (Lipinski definition) is 9. The third-order valence-corrected chi connectivity index (χ3v) is 6.29. The summed E-state index contributed by atoms with van der Waals surface area (Å²) in [4.78, 5) is 38.4. The van der Waals surface area contributed by atoms with Crippen LogP contribution in [0.1, 0.15) is 43.7 Å². The highest BCUT2D eigenvalue weighted by Crippen LogP contribution is 2.35. The molecular weight excluding hydrogens is 488 g/mol. The third kappa shape index (κ3) is 6.53. The molecule has 1 fully saturated rings. The highest BCUT2D eigenvalue weighted by atomic mass is 16.6. The summed E-state index contributed by atoms with van der Waals surface area (Å²) in [6.45, 7) is 7.19. The number of pyridine rings is 1. The third-order valence-electron chi connectivity index (χ3n) is 6.29. The summed E-state index contributed by atoms with van der Waals surface area (Å²) in [5.41, 5.74) is 2.53. The standard InChI is InChI=1S/C27H32N6O5/c1-4-5-14-37-27(34)32-13-7-8-20(17-32)30-26-29-12-10-23(31-26)22-9-6-11-28-25(22)38-24-18(2)15-21(33(35)36)16-19(24)3/h6,9-12,15-16,20H,4-5,7-8,13-14,17H2,1-3H3,(H,29,30,31)/t20-/m0/s1. The number of amides is 1. The minimum atomic E-state index is -0.424. The second kappa shape index (κ2) is 12.3. The van der Waals surface area contributed by atoms with Crippen LogP contribution in [-0.2, 0) is 4.74 Å². The second-order valence-corrected chi connectivity index (χ2v) is 9.29. The van der Waals surface area contributed by atoms with E-state index in [1.54, 1.807) is 43.3 Å². The molecule has 3 heterocycles. The van der Waals surface area contributed by atoms with Crippen molar-refractivity contribution in [3.8, 4) is 22.9 Å². The molecule has 11 nitrogen and oxygen atoms in total. The quantitative estimate of drug-likeness (QED) is 0.215. The summed E-state index contributed by atoms with van der Waals surface area (Å²) in [5.74, 6) is 1.28. The monoisotopic (exact) mass is 520 g/mol. The van der Waals surface area contributed by atoms with Crippen LogP contribution in [-0.4, -0.2) is 56.6 Å². The van der Waals surface area contributed by atoms with E-state index in [4.69, 9.17) is 9.47 Å². The predicted molar refractivity (Wildman–Crippen MR) is 142 cm³/mol. The number of unbranched alkanes of at least 4 members (excludes halogenated alkanes) is 1. The van der Waals surface area contributed by atoms with Gasteiger partial charge >= 0.3 is 6.09 Å². The van der Waals surface area contributed by atoms with Crippen molar-refractivity contribution < 1.29 is 19.2 Å². The first-order valence-corrected chi connectivity index (χ1v) is 12.8. The van der Waals surface area contributed by atoms with Gasteiger partial charge in [0, 0.05) is 43.7 Å². The largest absolute Gasteiger partial charge is 0.449 e. The lowest BCUT2D eigenvalue weighted by molar-refractivity contribution is -0.385. The zero-order valence-corrected chi connectivity index (χ0v) is 21.8. The van der Waals surface area contributed by atoms with Crippen LogP contribution in [0.2, 0.25) is 0 Å². The van der Waals surface area contributed by atoms with Gasteiger partial charge in [-0.2, -0.15) is 0 Å². The zero-order valence-electron chi connectivity index (χ0n) is 21.8. The van der Waals surface area contributed by atoms with Crippen LogP contribution in [0, 0.1) is 24.0 Å². The molecule has 0 saturated carbocycles. The molecule has 0 spiro atoms. The Morgan fingerprint density at radius 1 is 1.21 bits per heavy atom. The number of non-ortho nitro benzene ring substituents is 1. The number of likely N-dealkylation sites (tertiary alicyclic amines) is 1. The first-order valence-electron chi connectivity index (χ1n) is 12.8. The lowest BCUT2D eigenvalue weighted by Crippen LogP contribution is -2.45. The van der Waals surface area contributed by atoms with Gasteiger partial charge in [-0.3, -0.25) is 10.1 Å². The number of rotatable bonds is 9. The van der Waals surface area contributed by atoms with E-state index in [9.17, 15) is 14.9 Å². The topological polar surface area (TPSA) is 133 Å². The Bertz CT molecular complexity index is 1280. The summed E-state index contributed by atoms with van der Waals surface area (Å²) in [7, 11) is 0. The summed E-state index contributed by atoms with van der Waals surface area (Å²) in [6.07, 6.45) is 6.55. The zero-order chi connectivity index (χ0) is 27.1. The Morgan fingerprint density at radius 2 is 2.00 bits per heavy atom. The molecule has 200 valence electrons. The Kier molecular flexibility index (Phi) is 8.67. The van der Waals surface area contributed by atoms with E-state index in [1.807, 2.05) is 6.07 Å².